The molecule has 3 amide bonds. The van der Waals surface area contributed by atoms with E-state index in [0.717, 1.165) is 0 Å². The minimum absolute atomic E-state index is 0.212. The highest BCUT2D eigenvalue weighted by Gasteiger charge is 2.13. The Morgan fingerprint density at radius 3 is 2.24 bits per heavy atom. The van der Waals surface area contributed by atoms with Gasteiger partial charge in [0, 0.05) is 5.69 Å². The molecule has 2 N–H and O–H groups in total. The van der Waals surface area contributed by atoms with Crippen LogP contribution in [-0.2, 0) is 0 Å². The quantitative estimate of drug-likeness (QED) is 0.836. The van der Waals surface area contributed by atoms with Gasteiger partial charge in [0.25, 0.3) is 5.91 Å². The van der Waals surface area contributed by atoms with Gasteiger partial charge < -0.3 is 5.32 Å². The number of carbonyl (C=O) groups is 2. The Morgan fingerprint density at radius 2 is 1.57 bits per heavy atom. The first kappa shape index (κ1) is 15.6. The fourth-order valence-electron chi connectivity index (χ4n) is 1.55. The van der Waals surface area contributed by atoms with Crippen LogP contribution in [0.5, 0.6) is 0 Å². The zero-order valence-electron chi connectivity index (χ0n) is 10.5. The predicted octanol–water partition coefficient (Wildman–Crippen LogP) is 4.61. The predicted molar refractivity (Wildman–Crippen MR) is 84.4 cm³/mol. The number of halogens is 3. The van der Waals surface area contributed by atoms with Crippen molar-refractivity contribution in [1.82, 2.24) is 5.32 Å². The summed E-state index contributed by atoms with van der Waals surface area (Å²) in [7, 11) is 0. The molecule has 7 heteroatoms. The molecule has 108 valence electrons. The molecule has 2 aromatic rings. The number of nitrogens with one attached hydrogen (secondary N) is 2. The van der Waals surface area contributed by atoms with Crippen molar-refractivity contribution in [2.24, 2.45) is 0 Å². The number of imide groups is 1. The van der Waals surface area contributed by atoms with E-state index in [4.69, 9.17) is 34.8 Å². The van der Waals surface area contributed by atoms with Crippen LogP contribution in [0.15, 0.2) is 42.5 Å². The third-order valence-electron chi connectivity index (χ3n) is 2.52. The first-order valence-corrected chi connectivity index (χ1v) is 6.92. The highest BCUT2D eigenvalue weighted by Crippen LogP contribution is 2.24. The molecule has 4 nitrogen and oxygen atoms in total. The van der Waals surface area contributed by atoms with E-state index in [2.05, 4.69) is 10.6 Å². The molecule has 0 aromatic heterocycles. The molecule has 0 fully saturated rings. The number of urea groups is 1. The number of hydrogen-bond donors (Lipinski definition) is 2. The smallest absolute Gasteiger partial charge is 0.308 e. The minimum Gasteiger partial charge on any atom is -0.308 e. The fourth-order valence-corrected chi connectivity index (χ4v) is 2.07. The Hall–Kier alpha value is -1.75. The molecule has 0 spiro atoms. The summed E-state index contributed by atoms with van der Waals surface area (Å²) in [6.07, 6.45) is 0. The maximum atomic E-state index is 11.9. The first-order valence-electron chi connectivity index (χ1n) is 5.79. The van der Waals surface area contributed by atoms with Crippen LogP contribution < -0.4 is 10.6 Å². The van der Waals surface area contributed by atoms with Gasteiger partial charge in [0.1, 0.15) is 0 Å². The third-order valence-corrected chi connectivity index (χ3v) is 3.59. The molecule has 0 radical (unpaired) electrons. The molecule has 0 bridgehead atoms. The summed E-state index contributed by atoms with van der Waals surface area (Å²) in [6.45, 7) is 0. The Bertz CT molecular complexity index is 704. The van der Waals surface area contributed by atoms with Crippen molar-refractivity contribution < 1.29 is 9.59 Å². The second-order valence-electron chi connectivity index (χ2n) is 4.02. The fraction of sp³-hybridized carbons (Fsp3) is 0. The van der Waals surface area contributed by atoms with Crippen molar-refractivity contribution in [1.29, 1.82) is 0 Å². The summed E-state index contributed by atoms with van der Waals surface area (Å²) in [5.74, 6) is -0.599. The van der Waals surface area contributed by atoms with Crippen LogP contribution in [0.25, 0.3) is 0 Å². The van der Waals surface area contributed by atoms with Crippen LogP contribution in [0.1, 0.15) is 10.4 Å². The maximum Gasteiger partial charge on any atom is 0.326 e. The van der Waals surface area contributed by atoms with Crippen LogP contribution in [0.4, 0.5) is 10.5 Å². The molecule has 2 aromatic carbocycles. The number of carbonyl (C=O) groups excluding carboxylic acids is 2. The van der Waals surface area contributed by atoms with Crippen molar-refractivity contribution >= 4 is 52.4 Å². The van der Waals surface area contributed by atoms with Crippen LogP contribution in [0.2, 0.25) is 15.1 Å². The second-order valence-corrected chi connectivity index (χ2v) is 5.24. The molecule has 0 unspecified atom stereocenters. The van der Waals surface area contributed by atoms with Crippen LogP contribution in [-0.4, -0.2) is 11.9 Å². The maximum absolute atomic E-state index is 11.9. The Labute approximate surface area is 136 Å². The van der Waals surface area contributed by atoms with Gasteiger partial charge in [-0.2, -0.15) is 0 Å². The van der Waals surface area contributed by atoms with E-state index >= 15 is 0 Å². The van der Waals surface area contributed by atoms with Crippen molar-refractivity contribution in [3.05, 3.63) is 63.1 Å². The summed E-state index contributed by atoms with van der Waals surface area (Å²) in [5, 5.41) is 5.57. The first-order chi connectivity index (χ1) is 9.97. The van der Waals surface area contributed by atoms with Gasteiger partial charge >= 0.3 is 6.03 Å². The van der Waals surface area contributed by atoms with Gasteiger partial charge in [-0.05, 0) is 30.3 Å². The molecule has 2 rings (SSSR count). The number of amides is 3. The van der Waals surface area contributed by atoms with E-state index < -0.39 is 11.9 Å². The molecule has 0 saturated carbocycles. The Balaban J connectivity index is 2.03. The van der Waals surface area contributed by atoms with Crippen LogP contribution in [0.3, 0.4) is 0 Å². The van der Waals surface area contributed by atoms with Gasteiger partial charge in [-0.3, -0.25) is 10.1 Å². The summed E-state index contributed by atoms with van der Waals surface area (Å²) >= 11 is 17.5. The van der Waals surface area contributed by atoms with Crippen molar-refractivity contribution in [2.45, 2.75) is 0 Å². The van der Waals surface area contributed by atoms with E-state index in [1.807, 2.05) is 0 Å². The Morgan fingerprint density at radius 1 is 0.857 bits per heavy atom. The monoisotopic (exact) mass is 342 g/mol. The average Bonchev–Trinajstić information content (AvgIpc) is 2.43. The lowest BCUT2D eigenvalue weighted by Crippen LogP contribution is -2.34. The lowest BCUT2D eigenvalue weighted by atomic mass is 10.2. The normalized spacial score (nSPS) is 10.0. The summed E-state index contributed by atoms with van der Waals surface area (Å²) in [6, 6.07) is 10.3. The van der Waals surface area contributed by atoms with Gasteiger partial charge in [-0.25, -0.2) is 4.79 Å². The Kier molecular flexibility index (Phi) is 5.07. The topological polar surface area (TPSA) is 58.2 Å². The largest absolute Gasteiger partial charge is 0.326 e. The number of rotatable bonds is 2. The molecule has 0 aliphatic heterocycles. The molecule has 21 heavy (non-hydrogen) atoms. The number of benzene rings is 2. The van der Waals surface area contributed by atoms with Gasteiger partial charge in [0.15, 0.2) is 0 Å². The van der Waals surface area contributed by atoms with E-state index in [1.165, 1.54) is 18.2 Å². The molecule has 0 saturated heterocycles. The molecule has 0 heterocycles. The van der Waals surface area contributed by atoms with Gasteiger partial charge in [-0.15, -0.1) is 0 Å². The highest BCUT2D eigenvalue weighted by atomic mass is 35.5. The minimum atomic E-state index is -0.696. The van der Waals surface area contributed by atoms with E-state index in [0.29, 0.717) is 15.7 Å². The lowest BCUT2D eigenvalue weighted by molar-refractivity contribution is 0.0967. The second kappa shape index (κ2) is 6.80. The van der Waals surface area contributed by atoms with E-state index in [1.54, 1.807) is 24.3 Å². The van der Waals surface area contributed by atoms with E-state index in [-0.39, 0.29) is 10.6 Å². The summed E-state index contributed by atoms with van der Waals surface area (Å²) in [4.78, 5) is 23.6. The number of anilines is 1. The van der Waals surface area contributed by atoms with Crippen LogP contribution >= 0.6 is 34.8 Å². The zero-order chi connectivity index (χ0) is 15.4. The van der Waals surface area contributed by atoms with E-state index in [9.17, 15) is 9.59 Å². The van der Waals surface area contributed by atoms with Crippen molar-refractivity contribution in [3.63, 3.8) is 0 Å². The van der Waals surface area contributed by atoms with Gasteiger partial charge in [0.2, 0.25) is 0 Å². The number of hydrogen-bond acceptors (Lipinski definition) is 2. The SMILES string of the molecule is O=C(NC(=O)c1ccccc1Cl)Nc1ccc(Cl)c(Cl)c1. The van der Waals surface area contributed by atoms with Crippen molar-refractivity contribution in [2.75, 3.05) is 5.32 Å². The molecule has 0 aliphatic carbocycles. The lowest BCUT2D eigenvalue weighted by Gasteiger charge is -2.08. The standard InChI is InChI=1S/C14H9Cl3N2O2/c15-10-4-2-1-3-9(10)13(20)19-14(21)18-8-5-6-11(16)12(17)7-8/h1-7H,(H2,18,19,20,21). The van der Waals surface area contributed by atoms with Crippen molar-refractivity contribution in [3.8, 4) is 0 Å². The summed E-state index contributed by atoms with van der Waals surface area (Å²) < 4.78 is 0. The van der Waals surface area contributed by atoms with Gasteiger partial charge in [-0.1, -0.05) is 46.9 Å². The molecular formula is C14H9Cl3N2O2. The molecule has 0 aliphatic rings. The summed E-state index contributed by atoms with van der Waals surface area (Å²) in [5.41, 5.74) is 0.623. The average molecular weight is 344 g/mol. The highest BCUT2D eigenvalue weighted by molar-refractivity contribution is 6.42. The van der Waals surface area contributed by atoms with Gasteiger partial charge in [0.05, 0.1) is 20.6 Å². The zero-order valence-corrected chi connectivity index (χ0v) is 12.8. The molecule has 0 atom stereocenters. The molecular weight excluding hydrogens is 335 g/mol. The van der Waals surface area contributed by atoms with Crippen LogP contribution in [0, 0.1) is 0 Å². The third kappa shape index (κ3) is 4.11.